The van der Waals surface area contributed by atoms with Gasteiger partial charge in [-0.05, 0) is 61.6 Å². The molecule has 2 rings (SSSR count). The molecular formula is C18H16N2O4S. The van der Waals surface area contributed by atoms with Crippen molar-refractivity contribution < 1.29 is 19.1 Å². The average Bonchev–Trinajstić information content (AvgIpc) is 2.61. The van der Waals surface area contributed by atoms with Crippen molar-refractivity contribution in [1.82, 2.24) is 5.32 Å². The number of anilines is 1. The first-order valence-corrected chi connectivity index (χ1v) is 7.73. The van der Waals surface area contributed by atoms with Gasteiger partial charge in [-0.25, -0.2) is 4.79 Å². The zero-order chi connectivity index (χ0) is 18.4. The fourth-order valence-corrected chi connectivity index (χ4v) is 2.24. The van der Waals surface area contributed by atoms with E-state index in [0.29, 0.717) is 11.3 Å². The predicted octanol–water partition coefficient (Wildman–Crippen LogP) is 2.80. The molecule has 0 bridgehead atoms. The zero-order valence-corrected chi connectivity index (χ0v) is 14.5. The van der Waals surface area contributed by atoms with Crippen LogP contribution in [0.3, 0.4) is 0 Å². The van der Waals surface area contributed by atoms with Gasteiger partial charge in [0.15, 0.2) is 10.9 Å². The molecule has 0 fully saturated rings. The largest absolute Gasteiger partial charge is 0.465 e. The van der Waals surface area contributed by atoms with E-state index in [-0.39, 0.29) is 22.0 Å². The first-order chi connectivity index (χ1) is 11.9. The van der Waals surface area contributed by atoms with E-state index in [0.717, 1.165) is 0 Å². The molecule has 2 aromatic rings. The number of ether oxygens (including phenoxy) is 1. The summed E-state index contributed by atoms with van der Waals surface area (Å²) in [4.78, 5) is 35.0. The van der Waals surface area contributed by atoms with E-state index in [9.17, 15) is 14.4 Å². The molecule has 7 heteroatoms. The first kappa shape index (κ1) is 18.3. The SMILES string of the molecule is COC(=O)c1cccc(C(=O)NC(=S)Nc2ccc(C(C)=O)cc2)c1. The second-order valence-electron chi connectivity index (χ2n) is 5.11. The molecule has 128 valence electrons. The van der Waals surface area contributed by atoms with Crippen LogP contribution in [0.4, 0.5) is 5.69 Å². The van der Waals surface area contributed by atoms with Gasteiger partial charge in [-0.3, -0.25) is 14.9 Å². The van der Waals surface area contributed by atoms with Crippen LogP contribution in [0.5, 0.6) is 0 Å². The Morgan fingerprint density at radius 1 is 0.960 bits per heavy atom. The van der Waals surface area contributed by atoms with Crippen LogP contribution >= 0.6 is 12.2 Å². The maximum atomic E-state index is 12.2. The predicted molar refractivity (Wildman–Crippen MR) is 97.9 cm³/mol. The van der Waals surface area contributed by atoms with Crippen LogP contribution in [0.15, 0.2) is 48.5 Å². The number of esters is 1. The highest BCUT2D eigenvalue weighted by atomic mass is 32.1. The Labute approximate surface area is 150 Å². The summed E-state index contributed by atoms with van der Waals surface area (Å²) in [5, 5.41) is 5.48. The Morgan fingerprint density at radius 3 is 2.20 bits per heavy atom. The number of hydrogen-bond acceptors (Lipinski definition) is 5. The highest BCUT2D eigenvalue weighted by Crippen LogP contribution is 2.10. The molecule has 0 aliphatic rings. The molecule has 0 unspecified atom stereocenters. The van der Waals surface area contributed by atoms with Crippen LogP contribution in [-0.4, -0.2) is 29.9 Å². The number of methoxy groups -OCH3 is 1. The van der Waals surface area contributed by atoms with Crippen LogP contribution in [0.25, 0.3) is 0 Å². The van der Waals surface area contributed by atoms with Gasteiger partial charge in [-0.2, -0.15) is 0 Å². The fraction of sp³-hybridized carbons (Fsp3) is 0.111. The Morgan fingerprint density at radius 2 is 1.60 bits per heavy atom. The number of nitrogens with one attached hydrogen (secondary N) is 2. The van der Waals surface area contributed by atoms with Gasteiger partial charge in [0.1, 0.15) is 0 Å². The maximum Gasteiger partial charge on any atom is 0.337 e. The minimum Gasteiger partial charge on any atom is -0.465 e. The Kier molecular flexibility index (Phi) is 5.97. The van der Waals surface area contributed by atoms with Crippen LogP contribution in [0.2, 0.25) is 0 Å². The highest BCUT2D eigenvalue weighted by molar-refractivity contribution is 7.80. The molecule has 0 aliphatic carbocycles. The molecule has 0 radical (unpaired) electrons. The van der Waals surface area contributed by atoms with E-state index in [4.69, 9.17) is 12.2 Å². The molecule has 0 heterocycles. The zero-order valence-electron chi connectivity index (χ0n) is 13.7. The number of Topliss-reactive ketones (excluding diaryl/α,β-unsaturated/α-hetero) is 1. The number of thiocarbonyl (C=S) groups is 1. The van der Waals surface area contributed by atoms with Gasteiger partial charge in [-0.15, -0.1) is 0 Å². The quantitative estimate of drug-likeness (QED) is 0.498. The molecule has 0 saturated heterocycles. The number of rotatable bonds is 4. The van der Waals surface area contributed by atoms with E-state index in [1.54, 1.807) is 42.5 Å². The first-order valence-electron chi connectivity index (χ1n) is 7.32. The molecule has 2 N–H and O–H groups in total. The lowest BCUT2D eigenvalue weighted by Gasteiger charge is -2.10. The van der Waals surface area contributed by atoms with E-state index in [2.05, 4.69) is 15.4 Å². The van der Waals surface area contributed by atoms with E-state index >= 15 is 0 Å². The molecule has 0 aliphatic heterocycles. The third-order valence-corrected chi connectivity index (χ3v) is 3.53. The number of amides is 1. The van der Waals surface area contributed by atoms with E-state index in [1.807, 2.05) is 0 Å². The lowest BCUT2D eigenvalue weighted by atomic mass is 10.1. The van der Waals surface area contributed by atoms with Crippen molar-refractivity contribution in [3.8, 4) is 0 Å². The number of ketones is 1. The molecule has 0 spiro atoms. The van der Waals surface area contributed by atoms with Gasteiger partial charge in [0.25, 0.3) is 5.91 Å². The molecular weight excluding hydrogens is 340 g/mol. The third-order valence-electron chi connectivity index (χ3n) is 3.32. The second-order valence-corrected chi connectivity index (χ2v) is 5.52. The van der Waals surface area contributed by atoms with Crippen molar-refractivity contribution in [1.29, 1.82) is 0 Å². The van der Waals surface area contributed by atoms with Crippen LogP contribution in [0.1, 0.15) is 38.0 Å². The molecule has 0 aromatic heterocycles. The molecule has 25 heavy (non-hydrogen) atoms. The monoisotopic (exact) mass is 356 g/mol. The summed E-state index contributed by atoms with van der Waals surface area (Å²) in [7, 11) is 1.27. The summed E-state index contributed by atoms with van der Waals surface area (Å²) in [6, 6.07) is 12.8. The summed E-state index contributed by atoms with van der Waals surface area (Å²) in [6.07, 6.45) is 0. The summed E-state index contributed by atoms with van der Waals surface area (Å²) in [5.41, 5.74) is 1.77. The van der Waals surface area contributed by atoms with Crippen molar-refractivity contribution >= 4 is 40.7 Å². The summed E-state index contributed by atoms with van der Waals surface area (Å²) in [5.74, 6) is -1.02. The normalized spacial score (nSPS) is 9.84. The van der Waals surface area contributed by atoms with Gasteiger partial charge >= 0.3 is 5.97 Å². The topological polar surface area (TPSA) is 84.5 Å². The van der Waals surface area contributed by atoms with Crippen LogP contribution < -0.4 is 10.6 Å². The molecule has 2 aromatic carbocycles. The Hall–Kier alpha value is -3.06. The van der Waals surface area contributed by atoms with Gasteiger partial charge in [0, 0.05) is 16.8 Å². The lowest BCUT2D eigenvalue weighted by molar-refractivity contribution is 0.0600. The number of carbonyl (C=O) groups excluding carboxylic acids is 3. The van der Waals surface area contributed by atoms with Crippen molar-refractivity contribution in [3.05, 3.63) is 65.2 Å². The molecule has 6 nitrogen and oxygen atoms in total. The van der Waals surface area contributed by atoms with Crippen molar-refractivity contribution in [2.45, 2.75) is 6.92 Å². The smallest absolute Gasteiger partial charge is 0.337 e. The molecule has 0 atom stereocenters. The highest BCUT2D eigenvalue weighted by Gasteiger charge is 2.12. The minimum atomic E-state index is -0.527. The summed E-state index contributed by atoms with van der Waals surface area (Å²) < 4.78 is 4.62. The van der Waals surface area contributed by atoms with Crippen molar-refractivity contribution in [3.63, 3.8) is 0 Å². The number of hydrogen-bond donors (Lipinski definition) is 2. The lowest BCUT2D eigenvalue weighted by Crippen LogP contribution is -2.34. The number of carbonyl (C=O) groups is 3. The maximum absolute atomic E-state index is 12.2. The van der Waals surface area contributed by atoms with Crippen molar-refractivity contribution in [2.24, 2.45) is 0 Å². The summed E-state index contributed by atoms with van der Waals surface area (Å²) in [6.45, 7) is 1.48. The van der Waals surface area contributed by atoms with Gasteiger partial charge in [0.05, 0.1) is 12.7 Å². The molecule has 0 saturated carbocycles. The summed E-state index contributed by atoms with van der Waals surface area (Å²) >= 11 is 5.10. The number of benzene rings is 2. The van der Waals surface area contributed by atoms with Gasteiger partial charge in [0.2, 0.25) is 0 Å². The average molecular weight is 356 g/mol. The standard InChI is InChI=1S/C18H16N2O4S/c1-11(21)12-6-8-15(9-7-12)19-18(25)20-16(22)13-4-3-5-14(10-13)17(23)24-2/h3-10H,1-2H3,(H2,19,20,22,25). The van der Waals surface area contributed by atoms with Crippen LogP contribution in [-0.2, 0) is 4.74 Å². The minimum absolute atomic E-state index is 0.0343. The van der Waals surface area contributed by atoms with Crippen molar-refractivity contribution in [2.75, 3.05) is 12.4 Å². The van der Waals surface area contributed by atoms with Crippen LogP contribution in [0, 0.1) is 0 Å². The molecule has 1 amide bonds. The van der Waals surface area contributed by atoms with Gasteiger partial charge < -0.3 is 10.1 Å². The van der Waals surface area contributed by atoms with Gasteiger partial charge in [-0.1, -0.05) is 6.07 Å². The Bertz CT molecular complexity index is 831. The van der Waals surface area contributed by atoms with E-state index in [1.165, 1.54) is 20.1 Å². The van der Waals surface area contributed by atoms with E-state index < -0.39 is 11.9 Å². The Balaban J connectivity index is 2.01. The third kappa shape index (κ3) is 4.95. The second kappa shape index (κ2) is 8.16. The fourth-order valence-electron chi connectivity index (χ4n) is 2.03.